The Morgan fingerprint density at radius 1 is 1.40 bits per heavy atom. The molecule has 0 aliphatic heterocycles. The zero-order valence-corrected chi connectivity index (χ0v) is 10.8. The van der Waals surface area contributed by atoms with Gasteiger partial charge in [0.25, 0.3) is 0 Å². The number of hydrogen-bond donors (Lipinski definition) is 2. The molecule has 0 aliphatic rings. The van der Waals surface area contributed by atoms with E-state index in [2.05, 4.69) is 17.9 Å². The highest BCUT2D eigenvalue weighted by molar-refractivity contribution is 7.80. The van der Waals surface area contributed by atoms with Crippen molar-refractivity contribution in [3.63, 3.8) is 0 Å². The number of halogens is 2. The Labute approximate surface area is 105 Å². The Kier molecular flexibility index (Phi) is 5.61. The van der Waals surface area contributed by atoms with Crippen molar-refractivity contribution in [2.75, 3.05) is 19.4 Å². The first kappa shape index (κ1) is 13.0. The average Bonchev–Trinajstić information content (AvgIpc) is 2.17. The van der Waals surface area contributed by atoms with Crippen LogP contribution in [0.3, 0.4) is 0 Å². The molecule has 0 radical (unpaired) electrons. The van der Waals surface area contributed by atoms with Crippen LogP contribution >= 0.6 is 35.8 Å². The van der Waals surface area contributed by atoms with E-state index in [0.717, 1.165) is 17.9 Å². The summed E-state index contributed by atoms with van der Waals surface area (Å²) in [6.45, 7) is 1.50. The summed E-state index contributed by atoms with van der Waals surface area (Å²) in [4.78, 5) is 0. The summed E-state index contributed by atoms with van der Waals surface area (Å²) >= 11 is 16.0. The zero-order valence-electron chi connectivity index (χ0n) is 8.39. The van der Waals surface area contributed by atoms with Crippen LogP contribution in [0, 0.1) is 0 Å². The van der Waals surface area contributed by atoms with E-state index >= 15 is 0 Å². The maximum Gasteiger partial charge on any atom is 0.142 e. The van der Waals surface area contributed by atoms with Crippen LogP contribution in [0.5, 0.6) is 5.75 Å². The molecule has 0 fully saturated rings. The molecular weight excluding hydrogens is 253 g/mol. The van der Waals surface area contributed by atoms with Crippen molar-refractivity contribution in [3.05, 3.63) is 27.7 Å². The zero-order chi connectivity index (χ0) is 11.3. The van der Waals surface area contributed by atoms with Gasteiger partial charge >= 0.3 is 0 Å². The quantitative estimate of drug-likeness (QED) is 0.631. The van der Waals surface area contributed by atoms with Gasteiger partial charge in [0, 0.05) is 29.4 Å². The third-order valence-corrected chi connectivity index (χ3v) is 2.62. The lowest BCUT2D eigenvalue weighted by molar-refractivity contribution is 0.408. The number of thiol groups is 1. The summed E-state index contributed by atoms with van der Waals surface area (Å²) < 4.78 is 5.21. The molecule has 5 heteroatoms. The van der Waals surface area contributed by atoms with Crippen molar-refractivity contribution in [2.24, 2.45) is 0 Å². The minimum atomic E-state index is 0.535. The predicted octanol–water partition coefficient (Wildman–Crippen LogP) is 3.02. The molecule has 0 saturated carbocycles. The molecule has 0 aromatic heterocycles. The topological polar surface area (TPSA) is 21.3 Å². The van der Waals surface area contributed by atoms with Crippen LogP contribution < -0.4 is 10.1 Å². The Morgan fingerprint density at radius 3 is 2.73 bits per heavy atom. The summed E-state index contributed by atoms with van der Waals surface area (Å²) in [6.07, 6.45) is 0. The fourth-order valence-corrected chi connectivity index (χ4v) is 2.05. The normalized spacial score (nSPS) is 10.4. The van der Waals surface area contributed by atoms with E-state index in [1.807, 2.05) is 6.07 Å². The highest BCUT2D eigenvalue weighted by Gasteiger charge is 2.08. The molecule has 0 spiro atoms. The van der Waals surface area contributed by atoms with E-state index in [1.165, 1.54) is 0 Å². The monoisotopic (exact) mass is 265 g/mol. The summed E-state index contributed by atoms with van der Waals surface area (Å²) in [6, 6.07) is 3.52. The standard InChI is InChI=1S/C10H13Cl2NOS/c1-14-10-7(6-13-2-3-15)4-8(11)5-9(10)12/h4-5,13,15H,2-3,6H2,1H3. The lowest BCUT2D eigenvalue weighted by Gasteiger charge is -2.11. The molecule has 1 aromatic rings. The lowest BCUT2D eigenvalue weighted by Crippen LogP contribution is -2.16. The molecule has 0 atom stereocenters. The molecule has 0 unspecified atom stereocenters. The van der Waals surface area contributed by atoms with Crippen molar-refractivity contribution in [3.8, 4) is 5.75 Å². The average molecular weight is 266 g/mol. The number of rotatable bonds is 5. The molecule has 0 aliphatic carbocycles. The Hall–Kier alpha value is -0.0900. The van der Waals surface area contributed by atoms with Crippen LogP contribution in [0.15, 0.2) is 12.1 Å². The summed E-state index contributed by atoms with van der Waals surface area (Å²) in [7, 11) is 1.59. The van der Waals surface area contributed by atoms with Gasteiger partial charge < -0.3 is 10.1 Å². The van der Waals surface area contributed by atoms with Gasteiger partial charge in [-0.25, -0.2) is 0 Å². The van der Waals surface area contributed by atoms with Crippen LogP contribution in [-0.4, -0.2) is 19.4 Å². The van der Waals surface area contributed by atoms with E-state index in [-0.39, 0.29) is 0 Å². The molecule has 0 heterocycles. The molecule has 1 rings (SSSR count). The van der Waals surface area contributed by atoms with Crippen LogP contribution in [0.1, 0.15) is 5.56 Å². The maximum atomic E-state index is 6.00. The first-order valence-electron chi connectivity index (χ1n) is 4.52. The second-order valence-corrected chi connectivity index (χ2v) is 4.27. The van der Waals surface area contributed by atoms with Crippen LogP contribution in [0.2, 0.25) is 10.0 Å². The SMILES string of the molecule is COc1c(Cl)cc(Cl)cc1CNCCS. The number of benzene rings is 1. The smallest absolute Gasteiger partial charge is 0.142 e. The van der Waals surface area contributed by atoms with Crippen LogP contribution in [-0.2, 0) is 6.54 Å². The maximum absolute atomic E-state index is 6.00. The van der Waals surface area contributed by atoms with Gasteiger partial charge in [-0.05, 0) is 12.1 Å². The number of methoxy groups -OCH3 is 1. The van der Waals surface area contributed by atoms with E-state index in [0.29, 0.717) is 22.3 Å². The van der Waals surface area contributed by atoms with E-state index in [9.17, 15) is 0 Å². The molecule has 2 nitrogen and oxygen atoms in total. The summed E-state index contributed by atoms with van der Waals surface area (Å²) in [5.74, 6) is 1.46. The predicted molar refractivity (Wildman–Crippen MR) is 68.6 cm³/mol. The Morgan fingerprint density at radius 2 is 2.13 bits per heavy atom. The fraction of sp³-hybridized carbons (Fsp3) is 0.400. The largest absolute Gasteiger partial charge is 0.495 e. The van der Waals surface area contributed by atoms with Crippen molar-refractivity contribution >= 4 is 35.8 Å². The van der Waals surface area contributed by atoms with Gasteiger partial charge in [0.2, 0.25) is 0 Å². The number of nitrogens with one attached hydrogen (secondary N) is 1. The molecule has 15 heavy (non-hydrogen) atoms. The summed E-state index contributed by atoms with van der Waals surface area (Å²) in [5, 5.41) is 4.36. The van der Waals surface area contributed by atoms with Crippen LogP contribution in [0.4, 0.5) is 0 Å². The minimum absolute atomic E-state index is 0.535. The molecule has 1 N–H and O–H groups in total. The number of hydrogen-bond acceptors (Lipinski definition) is 3. The van der Waals surface area contributed by atoms with Crippen molar-refractivity contribution in [1.82, 2.24) is 5.32 Å². The lowest BCUT2D eigenvalue weighted by atomic mass is 10.2. The first-order valence-corrected chi connectivity index (χ1v) is 5.91. The number of ether oxygens (including phenoxy) is 1. The van der Waals surface area contributed by atoms with E-state index < -0.39 is 0 Å². The van der Waals surface area contributed by atoms with Gasteiger partial charge in [0.15, 0.2) is 0 Å². The fourth-order valence-electron chi connectivity index (χ4n) is 1.28. The summed E-state index contributed by atoms with van der Waals surface area (Å²) in [5.41, 5.74) is 0.955. The third kappa shape index (κ3) is 3.76. The van der Waals surface area contributed by atoms with E-state index in [4.69, 9.17) is 27.9 Å². The molecule has 0 bridgehead atoms. The van der Waals surface area contributed by atoms with Gasteiger partial charge in [0.1, 0.15) is 5.75 Å². The molecule has 0 amide bonds. The minimum Gasteiger partial charge on any atom is -0.495 e. The molecule has 1 aromatic carbocycles. The van der Waals surface area contributed by atoms with Crippen molar-refractivity contribution < 1.29 is 4.74 Å². The second-order valence-electron chi connectivity index (χ2n) is 2.98. The van der Waals surface area contributed by atoms with Crippen molar-refractivity contribution in [1.29, 1.82) is 0 Å². The van der Waals surface area contributed by atoms with Gasteiger partial charge in [0.05, 0.1) is 12.1 Å². The first-order chi connectivity index (χ1) is 7.19. The van der Waals surface area contributed by atoms with Crippen LogP contribution in [0.25, 0.3) is 0 Å². The van der Waals surface area contributed by atoms with Gasteiger partial charge in [-0.15, -0.1) is 0 Å². The highest BCUT2D eigenvalue weighted by Crippen LogP contribution is 2.31. The second kappa shape index (κ2) is 6.48. The van der Waals surface area contributed by atoms with Crippen molar-refractivity contribution in [2.45, 2.75) is 6.54 Å². The highest BCUT2D eigenvalue weighted by atomic mass is 35.5. The third-order valence-electron chi connectivity index (χ3n) is 1.89. The van der Waals surface area contributed by atoms with E-state index in [1.54, 1.807) is 13.2 Å². The Balaban J connectivity index is 2.84. The molecular formula is C10H13Cl2NOS. The van der Waals surface area contributed by atoms with Gasteiger partial charge in [-0.2, -0.15) is 12.6 Å². The molecule has 84 valence electrons. The Bertz CT molecular complexity index is 333. The molecule has 0 saturated heterocycles. The van der Waals surface area contributed by atoms with Gasteiger partial charge in [-0.1, -0.05) is 23.2 Å². The van der Waals surface area contributed by atoms with Gasteiger partial charge in [-0.3, -0.25) is 0 Å².